The Morgan fingerprint density at radius 1 is 1.07 bits per heavy atom. The van der Waals surface area contributed by atoms with Gasteiger partial charge in [0, 0.05) is 6.04 Å². The van der Waals surface area contributed by atoms with Crippen molar-refractivity contribution in [3.05, 3.63) is 66.7 Å². The summed E-state index contributed by atoms with van der Waals surface area (Å²) >= 11 is 0. The van der Waals surface area contributed by atoms with Gasteiger partial charge in [0.2, 0.25) is 0 Å². The van der Waals surface area contributed by atoms with E-state index in [2.05, 4.69) is 15.4 Å². The molecule has 0 aliphatic rings. The summed E-state index contributed by atoms with van der Waals surface area (Å²) in [5.74, 6) is 0. The van der Waals surface area contributed by atoms with Crippen LogP contribution in [0, 0.1) is 0 Å². The normalized spacial score (nSPS) is 13.3. The molecule has 3 rings (SSSR count). The van der Waals surface area contributed by atoms with Gasteiger partial charge in [0.25, 0.3) is 9.84 Å². The van der Waals surface area contributed by atoms with Crippen LogP contribution in [0.3, 0.4) is 0 Å². The van der Waals surface area contributed by atoms with Crippen LogP contribution in [0.5, 0.6) is 0 Å². The van der Waals surface area contributed by atoms with Crippen LogP contribution in [0.15, 0.2) is 66.1 Å². The molecule has 0 saturated heterocycles. The van der Waals surface area contributed by atoms with Crippen molar-refractivity contribution in [2.75, 3.05) is 5.32 Å². The van der Waals surface area contributed by atoms with E-state index in [0.29, 0.717) is 0 Å². The SMILES string of the molecule is CC(Nc1ccccc1S(=O)(=O)C(F)(F)F)c1ccc(-n2cncn2)cc1. The minimum atomic E-state index is -5.45. The monoisotopic (exact) mass is 396 g/mol. The van der Waals surface area contributed by atoms with Crippen molar-refractivity contribution in [1.82, 2.24) is 14.8 Å². The molecular formula is C17H15F3N4O2S. The van der Waals surface area contributed by atoms with E-state index in [1.165, 1.54) is 30.9 Å². The summed E-state index contributed by atoms with van der Waals surface area (Å²) in [4.78, 5) is 3.05. The molecule has 0 amide bonds. The first-order chi connectivity index (χ1) is 12.7. The third kappa shape index (κ3) is 3.80. The fourth-order valence-electron chi connectivity index (χ4n) is 2.52. The Morgan fingerprint density at radius 3 is 2.33 bits per heavy atom. The largest absolute Gasteiger partial charge is 0.501 e. The highest BCUT2D eigenvalue weighted by atomic mass is 32.2. The Kier molecular flexibility index (Phi) is 4.92. The maximum Gasteiger partial charge on any atom is 0.501 e. The summed E-state index contributed by atoms with van der Waals surface area (Å²) in [6.45, 7) is 1.72. The molecule has 6 nitrogen and oxygen atoms in total. The Morgan fingerprint density at radius 2 is 1.74 bits per heavy atom. The van der Waals surface area contributed by atoms with Gasteiger partial charge in [-0.1, -0.05) is 24.3 Å². The summed E-state index contributed by atoms with van der Waals surface area (Å²) < 4.78 is 63.9. The van der Waals surface area contributed by atoms with Crippen LogP contribution in [-0.4, -0.2) is 28.7 Å². The van der Waals surface area contributed by atoms with Crippen molar-refractivity contribution in [1.29, 1.82) is 0 Å². The van der Waals surface area contributed by atoms with Crippen LogP contribution in [0.1, 0.15) is 18.5 Å². The van der Waals surface area contributed by atoms with Crippen LogP contribution in [-0.2, 0) is 9.84 Å². The molecule has 0 fully saturated rings. The van der Waals surface area contributed by atoms with Crippen LogP contribution in [0.4, 0.5) is 18.9 Å². The van der Waals surface area contributed by atoms with E-state index in [4.69, 9.17) is 0 Å². The number of nitrogens with one attached hydrogen (secondary N) is 1. The van der Waals surface area contributed by atoms with Crippen LogP contribution in [0.25, 0.3) is 5.69 Å². The van der Waals surface area contributed by atoms with Crippen molar-refractivity contribution in [2.24, 2.45) is 0 Å². The quantitative estimate of drug-likeness (QED) is 0.711. The van der Waals surface area contributed by atoms with Gasteiger partial charge in [-0.3, -0.25) is 0 Å². The van der Waals surface area contributed by atoms with Gasteiger partial charge < -0.3 is 5.32 Å². The summed E-state index contributed by atoms with van der Waals surface area (Å²) in [5.41, 5.74) is -3.95. The topological polar surface area (TPSA) is 76.9 Å². The Hall–Kier alpha value is -2.88. The predicted octanol–water partition coefficient (Wildman–Crippen LogP) is 3.73. The van der Waals surface area contributed by atoms with Crippen molar-refractivity contribution in [3.63, 3.8) is 0 Å². The van der Waals surface area contributed by atoms with E-state index in [9.17, 15) is 21.6 Å². The minimum Gasteiger partial charge on any atom is -0.377 e. The molecule has 0 radical (unpaired) electrons. The van der Waals surface area contributed by atoms with E-state index < -0.39 is 26.3 Å². The summed E-state index contributed by atoms with van der Waals surface area (Å²) in [6.07, 6.45) is 2.94. The van der Waals surface area contributed by atoms with Gasteiger partial charge in [-0.05, 0) is 36.8 Å². The molecule has 0 aliphatic heterocycles. The number of sulfone groups is 1. The lowest BCUT2D eigenvalue weighted by Crippen LogP contribution is -2.24. The van der Waals surface area contributed by atoms with E-state index in [-0.39, 0.29) is 5.69 Å². The fourth-order valence-corrected chi connectivity index (χ4v) is 3.44. The van der Waals surface area contributed by atoms with Gasteiger partial charge in [-0.15, -0.1) is 0 Å². The molecule has 142 valence electrons. The van der Waals surface area contributed by atoms with Crippen molar-refractivity contribution >= 4 is 15.5 Å². The number of hydrogen-bond donors (Lipinski definition) is 1. The second-order valence-electron chi connectivity index (χ2n) is 5.74. The second-order valence-corrected chi connectivity index (χ2v) is 7.65. The zero-order valence-electron chi connectivity index (χ0n) is 14.1. The van der Waals surface area contributed by atoms with Gasteiger partial charge in [-0.25, -0.2) is 18.1 Å². The molecule has 0 spiro atoms. The molecule has 0 bridgehead atoms. The molecule has 1 N–H and O–H groups in total. The number of anilines is 1. The number of rotatable bonds is 5. The number of para-hydroxylation sites is 1. The number of nitrogens with zero attached hydrogens (tertiary/aromatic N) is 3. The Labute approximate surface area is 153 Å². The zero-order chi connectivity index (χ0) is 19.7. The highest BCUT2D eigenvalue weighted by Gasteiger charge is 2.47. The number of aromatic nitrogens is 3. The van der Waals surface area contributed by atoms with Crippen molar-refractivity contribution in [2.45, 2.75) is 23.4 Å². The van der Waals surface area contributed by atoms with Gasteiger partial charge in [0.05, 0.1) is 16.3 Å². The van der Waals surface area contributed by atoms with Gasteiger partial charge in [-0.2, -0.15) is 18.3 Å². The average molecular weight is 396 g/mol. The third-order valence-electron chi connectivity index (χ3n) is 3.93. The molecule has 1 atom stereocenters. The van der Waals surface area contributed by atoms with Gasteiger partial charge >= 0.3 is 5.51 Å². The standard InChI is InChI=1S/C17H15F3N4O2S/c1-12(13-6-8-14(9-7-13)24-11-21-10-22-24)23-15-4-2-3-5-16(15)27(25,26)17(18,19)20/h2-12,23H,1H3. The van der Waals surface area contributed by atoms with E-state index >= 15 is 0 Å². The lowest BCUT2D eigenvalue weighted by atomic mass is 10.1. The molecule has 1 aromatic heterocycles. The van der Waals surface area contributed by atoms with Crippen molar-refractivity contribution in [3.8, 4) is 5.69 Å². The van der Waals surface area contributed by atoms with E-state index in [0.717, 1.165) is 17.3 Å². The maximum absolute atomic E-state index is 12.9. The first kappa shape index (κ1) is 18.9. The second kappa shape index (κ2) is 7.03. The third-order valence-corrected chi connectivity index (χ3v) is 5.47. The molecule has 0 saturated carbocycles. The molecule has 3 aromatic rings. The molecule has 27 heavy (non-hydrogen) atoms. The molecular weight excluding hydrogens is 381 g/mol. The van der Waals surface area contributed by atoms with E-state index in [1.807, 2.05) is 0 Å². The summed E-state index contributed by atoms with van der Waals surface area (Å²) in [5, 5.41) is 6.85. The Balaban J connectivity index is 1.86. The number of alkyl halides is 3. The first-order valence-corrected chi connectivity index (χ1v) is 9.30. The number of benzene rings is 2. The minimum absolute atomic E-state index is 0.109. The van der Waals surface area contributed by atoms with E-state index in [1.54, 1.807) is 35.9 Å². The molecule has 10 heteroatoms. The van der Waals surface area contributed by atoms with Crippen LogP contribution in [0.2, 0.25) is 0 Å². The smallest absolute Gasteiger partial charge is 0.377 e. The lowest BCUT2D eigenvalue weighted by Gasteiger charge is -2.19. The summed E-state index contributed by atoms with van der Waals surface area (Å²) in [6, 6.07) is 11.6. The van der Waals surface area contributed by atoms with Crippen LogP contribution < -0.4 is 5.32 Å². The highest BCUT2D eigenvalue weighted by Crippen LogP contribution is 2.35. The average Bonchev–Trinajstić information content (AvgIpc) is 3.16. The van der Waals surface area contributed by atoms with Gasteiger partial charge in [0.15, 0.2) is 0 Å². The molecule has 0 aliphatic carbocycles. The molecule has 1 unspecified atom stereocenters. The number of hydrogen-bond acceptors (Lipinski definition) is 5. The highest BCUT2D eigenvalue weighted by molar-refractivity contribution is 7.92. The molecule has 1 heterocycles. The lowest BCUT2D eigenvalue weighted by molar-refractivity contribution is -0.0435. The van der Waals surface area contributed by atoms with Crippen LogP contribution >= 0.6 is 0 Å². The first-order valence-electron chi connectivity index (χ1n) is 7.82. The summed E-state index contributed by atoms with van der Waals surface area (Å²) in [7, 11) is -5.45. The Bertz CT molecular complexity index is 1020. The maximum atomic E-state index is 12.9. The predicted molar refractivity (Wildman–Crippen MR) is 93.1 cm³/mol. The fraction of sp³-hybridized carbons (Fsp3) is 0.176. The number of halogens is 3. The molecule has 2 aromatic carbocycles. The van der Waals surface area contributed by atoms with Crippen molar-refractivity contribution < 1.29 is 21.6 Å². The van der Waals surface area contributed by atoms with Gasteiger partial charge in [0.1, 0.15) is 12.7 Å². The zero-order valence-corrected chi connectivity index (χ0v) is 14.9.